The van der Waals surface area contributed by atoms with Crippen LogP contribution in [-0.4, -0.2) is 44.1 Å². The molecule has 0 aliphatic rings. The lowest BCUT2D eigenvalue weighted by Crippen LogP contribution is -2.38. The standard InChI is InChI=1S/C16H25N3O3/c1-5-22-14-8-6-7-13(11-14)12(2)18-16(21)17-10-9-15(20)19(3)4/h6-8,11-12H,5,9-10H2,1-4H3,(H2,17,18,21). The van der Waals surface area contributed by atoms with Crippen LogP contribution in [-0.2, 0) is 4.79 Å². The molecule has 1 aromatic rings. The SMILES string of the molecule is CCOc1cccc(C(C)NC(=O)NCCC(=O)N(C)C)c1. The second-order valence-electron chi connectivity index (χ2n) is 5.17. The van der Waals surface area contributed by atoms with Crippen LogP contribution in [0.4, 0.5) is 4.79 Å². The Morgan fingerprint density at radius 1 is 1.32 bits per heavy atom. The fraction of sp³-hybridized carbons (Fsp3) is 0.500. The van der Waals surface area contributed by atoms with Crippen LogP contribution in [0.5, 0.6) is 5.75 Å². The van der Waals surface area contributed by atoms with Crippen molar-refractivity contribution in [1.82, 2.24) is 15.5 Å². The van der Waals surface area contributed by atoms with Gasteiger partial charge in [0.05, 0.1) is 12.6 Å². The Kier molecular flexibility index (Phi) is 7.22. The molecule has 6 nitrogen and oxygen atoms in total. The molecule has 0 radical (unpaired) electrons. The summed E-state index contributed by atoms with van der Waals surface area (Å²) in [5, 5.41) is 5.52. The molecule has 0 heterocycles. The molecule has 0 fully saturated rings. The van der Waals surface area contributed by atoms with Gasteiger partial charge in [0.15, 0.2) is 0 Å². The zero-order chi connectivity index (χ0) is 16.5. The summed E-state index contributed by atoms with van der Waals surface area (Å²) in [6.07, 6.45) is 0.286. The molecule has 1 rings (SSSR count). The minimum Gasteiger partial charge on any atom is -0.494 e. The third-order valence-electron chi connectivity index (χ3n) is 3.14. The van der Waals surface area contributed by atoms with Crippen LogP contribution in [0.25, 0.3) is 0 Å². The molecule has 0 bridgehead atoms. The quantitative estimate of drug-likeness (QED) is 0.808. The number of nitrogens with zero attached hydrogens (tertiary/aromatic N) is 1. The molecular weight excluding hydrogens is 282 g/mol. The van der Waals surface area contributed by atoms with E-state index >= 15 is 0 Å². The third-order valence-corrected chi connectivity index (χ3v) is 3.14. The summed E-state index contributed by atoms with van der Waals surface area (Å²) < 4.78 is 5.44. The average Bonchev–Trinajstić information content (AvgIpc) is 2.47. The molecule has 6 heteroatoms. The van der Waals surface area contributed by atoms with Crippen LogP contribution in [0, 0.1) is 0 Å². The van der Waals surface area contributed by atoms with E-state index in [0.29, 0.717) is 13.2 Å². The molecular formula is C16H25N3O3. The van der Waals surface area contributed by atoms with Gasteiger partial charge in [-0.2, -0.15) is 0 Å². The highest BCUT2D eigenvalue weighted by atomic mass is 16.5. The Labute approximate surface area is 131 Å². The number of nitrogens with one attached hydrogen (secondary N) is 2. The van der Waals surface area contributed by atoms with E-state index in [1.807, 2.05) is 38.1 Å². The smallest absolute Gasteiger partial charge is 0.315 e. The molecule has 2 N–H and O–H groups in total. The first-order valence-electron chi connectivity index (χ1n) is 7.41. The zero-order valence-corrected chi connectivity index (χ0v) is 13.7. The van der Waals surface area contributed by atoms with Gasteiger partial charge in [0.1, 0.15) is 5.75 Å². The molecule has 0 aliphatic carbocycles. The minimum atomic E-state index is -0.291. The van der Waals surface area contributed by atoms with Crippen LogP contribution >= 0.6 is 0 Å². The normalized spacial score (nSPS) is 11.5. The fourth-order valence-electron chi connectivity index (χ4n) is 1.88. The van der Waals surface area contributed by atoms with E-state index in [4.69, 9.17) is 4.74 Å². The van der Waals surface area contributed by atoms with Gasteiger partial charge in [0.25, 0.3) is 0 Å². The molecule has 0 aromatic heterocycles. The molecule has 1 unspecified atom stereocenters. The summed E-state index contributed by atoms with van der Waals surface area (Å²) in [4.78, 5) is 24.7. The van der Waals surface area contributed by atoms with E-state index in [1.54, 1.807) is 14.1 Å². The van der Waals surface area contributed by atoms with E-state index in [2.05, 4.69) is 10.6 Å². The van der Waals surface area contributed by atoms with Gasteiger partial charge >= 0.3 is 6.03 Å². The maximum absolute atomic E-state index is 11.8. The van der Waals surface area contributed by atoms with Gasteiger partial charge < -0.3 is 20.3 Å². The van der Waals surface area contributed by atoms with Crippen LogP contribution < -0.4 is 15.4 Å². The van der Waals surface area contributed by atoms with Crippen LogP contribution in [0.2, 0.25) is 0 Å². The molecule has 0 saturated carbocycles. The molecule has 22 heavy (non-hydrogen) atoms. The highest BCUT2D eigenvalue weighted by Crippen LogP contribution is 2.18. The fourth-order valence-corrected chi connectivity index (χ4v) is 1.88. The van der Waals surface area contributed by atoms with E-state index in [0.717, 1.165) is 11.3 Å². The topological polar surface area (TPSA) is 70.7 Å². The van der Waals surface area contributed by atoms with Crippen molar-refractivity contribution < 1.29 is 14.3 Å². The highest BCUT2D eigenvalue weighted by Gasteiger charge is 2.11. The number of carbonyl (C=O) groups is 2. The van der Waals surface area contributed by atoms with Crippen molar-refractivity contribution >= 4 is 11.9 Å². The highest BCUT2D eigenvalue weighted by molar-refractivity contribution is 5.78. The average molecular weight is 307 g/mol. The van der Waals surface area contributed by atoms with E-state index in [1.165, 1.54) is 4.90 Å². The molecule has 0 spiro atoms. The van der Waals surface area contributed by atoms with Gasteiger partial charge in [0.2, 0.25) is 5.91 Å². The molecule has 0 aliphatic heterocycles. The van der Waals surface area contributed by atoms with E-state index in [-0.39, 0.29) is 24.4 Å². The second kappa shape index (κ2) is 8.92. The van der Waals surface area contributed by atoms with Crippen molar-refractivity contribution in [1.29, 1.82) is 0 Å². The number of amides is 3. The monoisotopic (exact) mass is 307 g/mol. The summed E-state index contributed by atoms with van der Waals surface area (Å²) in [6, 6.07) is 7.18. The number of hydrogen-bond donors (Lipinski definition) is 2. The Morgan fingerprint density at radius 2 is 2.05 bits per heavy atom. The van der Waals surface area contributed by atoms with Crippen molar-refractivity contribution in [3.05, 3.63) is 29.8 Å². The van der Waals surface area contributed by atoms with Crippen LogP contribution in [0.15, 0.2) is 24.3 Å². The number of carbonyl (C=O) groups excluding carboxylic acids is 2. The second-order valence-corrected chi connectivity index (χ2v) is 5.17. The van der Waals surface area contributed by atoms with Gasteiger partial charge in [-0.25, -0.2) is 4.79 Å². The first-order valence-corrected chi connectivity index (χ1v) is 7.41. The maximum atomic E-state index is 11.8. The molecule has 0 saturated heterocycles. The van der Waals surface area contributed by atoms with Crippen molar-refractivity contribution in [2.75, 3.05) is 27.2 Å². The first kappa shape index (κ1) is 17.8. The number of hydrogen-bond acceptors (Lipinski definition) is 3. The molecule has 1 atom stereocenters. The number of benzene rings is 1. The summed E-state index contributed by atoms with van der Waals surface area (Å²) >= 11 is 0. The number of rotatable bonds is 7. The van der Waals surface area contributed by atoms with Crippen molar-refractivity contribution in [2.24, 2.45) is 0 Å². The van der Waals surface area contributed by atoms with Crippen LogP contribution in [0.3, 0.4) is 0 Å². The summed E-state index contributed by atoms with van der Waals surface area (Å²) in [6.45, 7) is 4.74. The predicted octanol–water partition coefficient (Wildman–Crippen LogP) is 1.92. The van der Waals surface area contributed by atoms with Gasteiger partial charge in [-0.3, -0.25) is 4.79 Å². The third kappa shape index (κ3) is 6.03. The van der Waals surface area contributed by atoms with Gasteiger partial charge in [-0.15, -0.1) is 0 Å². The van der Waals surface area contributed by atoms with Crippen molar-refractivity contribution in [2.45, 2.75) is 26.3 Å². The van der Waals surface area contributed by atoms with Gasteiger partial charge in [-0.05, 0) is 31.5 Å². The predicted molar refractivity (Wildman–Crippen MR) is 85.9 cm³/mol. The van der Waals surface area contributed by atoms with Crippen LogP contribution in [0.1, 0.15) is 31.9 Å². The molecule has 3 amide bonds. The van der Waals surface area contributed by atoms with Gasteiger partial charge in [-0.1, -0.05) is 12.1 Å². The minimum absolute atomic E-state index is 0.0160. The Bertz CT molecular complexity index is 503. The largest absolute Gasteiger partial charge is 0.494 e. The summed E-state index contributed by atoms with van der Waals surface area (Å²) in [5.74, 6) is 0.767. The molecule has 122 valence electrons. The van der Waals surface area contributed by atoms with Crippen molar-refractivity contribution in [3.63, 3.8) is 0 Å². The van der Waals surface area contributed by atoms with E-state index in [9.17, 15) is 9.59 Å². The van der Waals surface area contributed by atoms with Crippen molar-refractivity contribution in [3.8, 4) is 5.75 Å². The Balaban J connectivity index is 2.43. The Hall–Kier alpha value is -2.24. The van der Waals surface area contributed by atoms with E-state index < -0.39 is 0 Å². The number of ether oxygens (including phenoxy) is 1. The maximum Gasteiger partial charge on any atom is 0.315 e. The lowest BCUT2D eigenvalue weighted by atomic mass is 10.1. The lowest BCUT2D eigenvalue weighted by molar-refractivity contribution is -0.128. The summed E-state index contributed by atoms with van der Waals surface area (Å²) in [5.41, 5.74) is 0.963. The Morgan fingerprint density at radius 3 is 2.68 bits per heavy atom. The molecule has 1 aromatic carbocycles. The first-order chi connectivity index (χ1) is 10.4. The zero-order valence-electron chi connectivity index (χ0n) is 13.7. The summed E-state index contributed by atoms with van der Waals surface area (Å²) in [7, 11) is 3.38. The van der Waals surface area contributed by atoms with Gasteiger partial charge in [0, 0.05) is 27.1 Å². The number of urea groups is 1. The lowest BCUT2D eigenvalue weighted by Gasteiger charge is -2.16.